The van der Waals surface area contributed by atoms with Gasteiger partial charge < -0.3 is 19.5 Å². The van der Waals surface area contributed by atoms with Crippen molar-refractivity contribution in [2.75, 3.05) is 26.0 Å². The van der Waals surface area contributed by atoms with Crippen molar-refractivity contribution < 1.29 is 14.1 Å². The van der Waals surface area contributed by atoms with Crippen molar-refractivity contribution in [2.45, 2.75) is 38.9 Å². The smallest absolute Gasteiger partial charge is 0.399 e. The highest BCUT2D eigenvalue weighted by molar-refractivity contribution is 6.62. The molecule has 120 valence electrons. The zero-order valence-corrected chi connectivity index (χ0v) is 14.1. The highest BCUT2D eigenvalue weighted by atomic mass is 16.7. The molecule has 2 heterocycles. The molecule has 0 radical (unpaired) electrons. The largest absolute Gasteiger partial charge is 0.495 e. The Kier molecular flexibility index (Phi) is 4.61. The minimum Gasteiger partial charge on any atom is -0.399 e. The predicted octanol–water partition coefficient (Wildman–Crippen LogP) is 0.881. The number of carbonyl (C=O) groups is 1. The van der Waals surface area contributed by atoms with Crippen LogP contribution in [0.15, 0.2) is 18.3 Å². The average molecular weight is 305 g/mol. The normalized spacial score (nSPS) is 19.5. The second-order valence-corrected chi connectivity index (χ2v) is 6.85. The molecule has 22 heavy (non-hydrogen) atoms. The predicted molar refractivity (Wildman–Crippen MR) is 87.1 cm³/mol. The number of hydrogen-bond donors (Lipinski definition) is 1. The lowest BCUT2D eigenvalue weighted by Gasteiger charge is -2.32. The molecule has 0 aliphatic carbocycles. The van der Waals surface area contributed by atoms with E-state index in [9.17, 15) is 4.79 Å². The van der Waals surface area contributed by atoms with Crippen LogP contribution in [0.2, 0.25) is 0 Å². The Labute approximate surface area is 132 Å². The van der Waals surface area contributed by atoms with E-state index in [-0.39, 0.29) is 5.91 Å². The van der Waals surface area contributed by atoms with E-state index in [0.29, 0.717) is 12.4 Å². The van der Waals surface area contributed by atoms with Crippen LogP contribution in [0.3, 0.4) is 0 Å². The number of nitrogens with zero attached hydrogens (tertiary/aromatic N) is 2. The zero-order valence-electron chi connectivity index (χ0n) is 14.1. The molecule has 1 aliphatic rings. The first-order valence-corrected chi connectivity index (χ1v) is 7.37. The summed E-state index contributed by atoms with van der Waals surface area (Å²) in [6.45, 7) is 8.34. The van der Waals surface area contributed by atoms with Gasteiger partial charge in [-0.3, -0.25) is 4.79 Å². The number of likely N-dealkylation sites (N-methyl/N-ethyl adjacent to an activating group) is 1. The fourth-order valence-electron chi connectivity index (χ4n) is 2.11. The van der Waals surface area contributed by atoms with Crippen LogP contribution in [0.1, 0.15) is 27.7 Å². The highest BCUT2D eigenvalue weighted by Crippen LogP contribution is 2.36. The first-order valence-electron chi connectivity index (χ1n) is 7.37. The zero-order chi connectivity index (χ0) is 16.5. The van der Waals surface area contributed by atoms with Gasteiger partial charge in [-0.2, -0.15) is 0 Å². The number of rotatable bonds is 4. The summed E-state index contributed by atoms with van der Waals surface area (Å²) in [5.74, 6) is 0.391. The van der Waals surface area contributed by atoms with Crippen molar-refractivity contribution >= 4 is 24.3 Å². The molecule has 1 amide bonds. The van der Waals surface area contributed by atoms with Gasteiger partial charge in [-0.05, 0) is 59.4 Å². The van der Waals surface area contributed by atoms with Crippen molar-refractivity contribution in [3.05, 3.63) is 18.3 Å². The Bertz CT molecular complexity index is 545. The summed E-state index contributed by atoms with van der Waals surface area (Å²) >= 11 is 0. The molecular weight excluding hydrogens is 281 g/mol. The summed E-state index contributed by atoms with van der Waals surface area (Å²) in [5, 5.41) is 2.78. The van der Waals surface area contributed by atoms with E-state index in [1.165, 1.54) is 0 Å². The molecule has 1 fully saturated rings. The molecule has 0 aromatic carbocycles. The minimum atomic E-state index is -0.461. The Morgan fingerprint density at radius 1 is 1.27 bits per heavy atom. The maximum atomic E-state index is 11.8. The summed E-state index contributed by atoms with van der Waals surface area (Å²) < 4.78 is 12.0. The third-order valence-electron chi connectivity index (χ3n) is 4.04. The van der Waals surface area contributed by atoms with E-state index in [1.807, 2.05) is 47.9 Å². The SMILES string of the molecule is CN(C)CC(=O)Nc1cc(B2OC(C)(C)C(C)(C)O2)ccn1. The summed E-state index contributed by atoms with van der Waals surface area (Å²) in [5.41, 5.74) is 0.0543. The topological polar surface area (TPSA) is 63.7 Å². The summed E-state index contributed by atoms with van der Waals surface area (Å²) in [7, 11) is 3.22. The maximum Gasteiger partial charge on any atom is 0.495 e. The van der Waals surface area contributed by atoms with Crippen LogP contribution in [0, 0.1) is 0 Å². The van der Waals surface area contributed by atoms with E-state index in [2.05, 4.69) is 10.3 Å². The van der Waals surface area contributed by atoms with Crippen molar-refractivity contribution in [1.29, 1.82) is 0 Å². The number of anilines is 1. The Balaban J connectivity index is 2.11. The van der Waals surface area contributed by atoms with Gasteiger partial charge in [0.15, 0.2) is 0 Å². The number of aromatic nitrogens is 1. The average Bonchev–Trinajstić information content (AvgIpc) is 2.57. The molecule has 1 saturated heterocycles. The van der Waals surface area contributed by atoms with Crippen molar-refractivity contribution in [3.63, 3.8) is 0 Å². The summed E-state index contributed by atoms with van der Waals surface area (Å²) in [4.78, 5) is 17.8. The molecule has 0 bridgehead atoms. The lowest BCUT2D eigenvalue weighted by Crippen LogP contribution is -2.41. The van der Waals surface area contributed by atoms with Crippen LogP contribution in [-0.4, -0.2) is 54.8 Å². The number of amides is 1. The van der Waals surface area contributed by atoms with Crippen LogP contribution in [0.4, 0.5) is 5.82 Å². The quantitative estimate of drug-likeness (QED) is 0.837. The third-order valence-corrected chi connectivity index (χ3v) is 4.04. The summed E-state index contributed by atoms with van der Waals surface area (Å²) in [6.07, 6.45) is 1.64. The third kappa shape index (κ3) is 3.66. The van der Waals surface area contributed by atoms with E-state index in [1.54, 1.807) is 17.2 Å². The number of nitrogens with one attached hydrogen (secondary N) is 1. The van der Waals surface area contributed by atoms with Crippen LogP contribution in [-0.2, 0) is 14.1 Å². The molecule has 0 spiro atoms. The Morgan fingerprint density at radius 3 is 2.41 bits per heavy atom. The van der Waals surface area contributed by atoms with Crippen molar-refractivity contribution in [2.24, 2.45) is 0 Å². The number of pyridine rings is 1. The first-order chi connectivity index (χ1) is 10.1. The molecule has 7 heteroatoms. The van der Waals surface area contributed by atoms with Gasteiger partial charge >= 0.3 is 7.12 Å². The Hall–Kier alpha value is -1.44. The maximum absolute atomic E-state index is 11.8. The lowest BCUT2D eigenvalue weighted by atomic mass is 9.80. The van der Waals surface area contributed by atoms with E-state index >= 15 is 0 Å². The molecule has 0 saturated carbocycles. The molecule has 6 nitrogen and oxygen atoms in total. The van der Waals surface area contributed by atoms with E-state index in [0.717, 1.165) is 5.46 Å². The van der Waals surface area contributed by atoms with Gasteiger partial charge in [-0.1, -0.05) is 0 Å². The number of hydrogen-bond acceptors (Lipinski definition) is 5. The van der Waals surface area contributed by atoms with Crippen molar-refractivity contribution in [3.8, 4) is 0 Å². The monoisotopic (exact) mass is 305 g/mol. The molecule has 2 rings (SSSR count). The highest BCUT2D eigenvalue weighted by Gasteiger charge is 2.51. The Morgan fingerprint density at radius 2 is 1.86 bits per heavy atom. The van der Waals surface area contributed by atoms with Crippen LogP contribution in [0.25, 0.3) is 0 Å². The molecule has 1 aliphatic heterocycles. The van der Waals surface area contributed by atoms with E-state index < -0.39 is 18.3 Å². The fraction of sp³-hybridized carbons (Fsp3) is 0.600. The molecular formula is C15H24BN3O3. The van der Waals surface area contributed by atoms with Gasteiger partial charge in [0.1, 0.15) is 5.82 Å². The molecule has 0 unspecified atom stereocenters. The fourth-order valence-corrected chi connectivity index (χ4v) is 2.11. The van der Waals surface area contributed by atoms with Gasteiger partial charge in [-0.15, -0.1) is 0 Å². The molecule has 0 atom stereocenters. The van der Waals surface area contributed by atoms with Gasteiger partial charge in [0.2, 0.25) is 5.91 Å². The van der Waals surface area contributed by atoms with Gasteiger partial charge in [0.05, 0.1) is 17.7 Å². The molecule has 1 N–H and O–H groups in total. The standard InChI is InChI=1S/C15H24BN3O3/c1-14(2)15(3,4)22-16(21-14)11-7-8-17-12(9-11)18-13(20)10-19(5)6/h7-9H,10H2,1-6H3,(H,17,18,20). The minimum absolute atomic E-state index is 0.108. The van der Waals surface area contributed by atoms with Crippen LogP contribution >= 0.6 is 0 Å². The second-order valence-electron chi connectivity index (χ2n) is 6.85. The lowest BCUT2D eigenvalue weighted by molar-refractivity contribution is -0.116. The molecule has 1 aromatic rings. The van der Waals surface area contributed by atoms with Crippen LogP contribution in [0.5, 0.6) is 0 Å². The van der Waals surface area contributed by atoms with Gasteiger partial charge in [0.25, 0.3) is 0 Å². The van der Waals surface area contributed by atoms with Crippen molar-refractivity contribution in [1.82, 2.24) is 9.88 Å². The second kappa shape index (κ2) is 5.99. The van der Waals surface area contributed by atoms with E-state index in [4.69, 9.17) is 9.31 Å². The van der Waals surface area contributed by atoms with Crippen LogP contribution < -0.4 is 10.8 Å². The van der Waals surface area contributed by atoms with Gasteiger partial charge in [-0.25, -0.2) is 4.98 Å². The summed E-state index contributed by atoms with van der Waals surface area (Å²) in [6, 6.07) is 3.62. The first kappa shape index (κ1) is 16.9. The molecule has 1 aromatic heterocycles. The van der Waals surface area contributed by atoms with Gasteiger partial charge in [0, 0.05) is 6.20 Å². The number of carbonyl (C=O) groups excluding carboxylic acids is 1.